The molecular formula is C23H32N2O2S. The van der Waals surface area contributed by atoms with Gasteiger partial charge in [0.1, 0.15) is 0 Å². The van der Waals surface area contributed by atoms with Crippen molar-refractivity contribution < 1.29 is 9.90 Å². The van der Waals surface area contributed by atoms with Crippen molar-refractivity contribution in [1.82, 2.24) is 10.6 Å². The van der Waals surface area contributed by atoms with Crippen LogP contribution in [0.25, 0.3) is 0 Å². The average Bonchev–Trinajstić information content (AvgIpc) is 2.98. The van der Waals surface area contributed by atoms with E-state index in [1.54, 1.807) is 0 Å². The molecule has 1 heterocycles. The highest BCUT2D eigenvalue weighted by Gasteiger charge is 2.34. The highest BCUT2D eigenvalue weighted by Crippen LogP contribution is 2.44. The number of hydrogen-bond acceptors (Lipinski definition) is 4. The zero-order chi connectivity index (χ0) is 20.3. The second kappa shape index (κ2) is 8.76. The summed E-state index contributed by atoms with van der Waals surface area (Å²) in [6, 6.07) is 12.2. The fourth-order valence-corrected chi connectivity index (χ4v) is 5.54. The highest BCUT2D eigenvalue weighted by atomic mass is 32.1. The van der Waals surface area contributed by atoms with Gasteiger partial charge in [0.2, 0.25) is 5.91 Å². The minimum atomic E-state index is -0.655. The quantitative estimate of drug-likeness (QED) is 0.663. The maximum Gasteiger partial charge on any atom is 0.217 e. The number of benzene rings is 1. The van der Waals surface area contributed by atoms with Gasteiger partial charge in [-0.15, -0.1) is 11.3 Å². The van der Waals surface area contributed by atoms with E-state index in [2.05, 4.69) is 37.5 Å². The van der Waals surface area contributed by atoms with Crippen LogP contribution in [0.5, 0.6) is 0 Å². The van der Waals surface area contributed by atoms with E-state index in [1.807, 2.05) is 41.7 Å². The number of fused-ring (bicyclic) bond motifs is 1. The minimum Gasteiger partial charge on any atom is -0.390 e. The molecule has 3 N–H and O–H groups in total. The largest absolute Gasteiger partial charge is 0.390 e. The van der Waals surface area contributed by atoms with Crippen LogP contribution in [0.1, 0.15) is 54.1 Å². The van der Waals surface area contributed by atoms with Crippen molar-refractivity contribution >= 4 is 17.2 Å². The average molecular weight is 401 g/mol. The van der Waals surface area contributed by atoms with Crippen LogP contribution in [-0.2, 0) is 17.6 Å². The van der Waals surface area contributed by atoms with E-state index in [9.17, 15) is 9.90 Å². The lowest BCUT2D eigenvalue weighted by Crippen LogP contribution is -2.49. The third-order valence-electron chi connectivity index (χ3n) is 5.46. The summed E-state index contributed by atoms with van der Waals surface area (Å²) in [7, 11) is 0. The molecular weight excluding hydrogens is 368 g/mol. The lowest BCUT2D eigenvalue weighted by molar-refractivity contribution is -0.120. The molecule has 4 nitrogen and oxygen atoms in total. The lowest BCUT2D eigenvalue weighted by Gasteiger charge is -2.36. The van der Waals surface area contributed by atoms with Crippen LogP contribution in [0, 0.1) is 12.3 Å². The van der Waals surface area contributed by atoms with Crippen molar-refractivity contribution in [3.05, 3.63) is 57.3 Å². The van der Waals surface area contributed by atoms with E-state index in [0.29, 0.717) is 13.0 Å². The molecule has 0 aliphatic heterocycles. The predicted molar refractivity (Wildman–Crippen MR) is 116 cm³/mol. The Labute approximate surface area is 172 Å². The number of hydrogen-bond donors (Lipinski definition) is 3. The molecule has 28 heavy (non-hydrogen) atoms. The fourth-order valence-electron chi connectivity index (χ4n) is 4.18. The van der Waals surface area contributed by atoms with Crippen LogP contribution in [0.15, 0.2) is 36.4 Å². The van der Waals surface area contributed by atoms with Gasteiger partial charge in [-0.25, -0.2) is 0 Å². The molecule has 152 valence electrons. The molecule has 0 fully saturated rings. The van der Waals surface area contributed by atoms with Gasteiger partial charge in [0.15, 0.2) is 0 Å². The van der Waals surface area contributed by atoms with Crippen molar-refractivity contribution in [2.75, 3.05) is 6.54 Å². The van der Waals surface area contributed by atoms with Gasteiger partial charge in [-0.3, -0.25) is 4.79 Å². The SMILES string of the molecule is CC(=O)N[C@@H](Cc1ccccc1)[C@H](O)CN[C@H]1CC(C)(C)Cc2sc(C)cc21. The van der Waals surface area contributed by atoms with Crippen molar-refractivity contribution in [2.24, 2.45) is 5.41 Å². The number of aryl methyl sites for hydroxylation is 1. The Morgan fingerprint density at radius 3 is 2.71 bits per heavy atom. The summed E-state index contributed by atoms with van der Waals surface area (Å²) in [6.45, 7) is 8.74. The number of carbonyl (C=O) groups excluding carboxylic acids is 1. The monoisotopic (exact) mass is 400 g/mol. The zero-order valence-electron chi connectivity index (χ0n) is 17.3. The summed E-state index contributed by atoms with van der Waals surface area (Å²) in [5.74, 6) is -0.116. The third kappa shape index (κ3) is 5.43. The topological polar surface area (TPSA) is 61.4 Å². The van der Waals surface area contributed by atoms with E-state index in [4.69, 9.17) is 0 Å². The molecule has 0 bridgehead atoms. The summed E-state index contributed by atoms with van der Waals surface area (Å²) in [5.41, 5.74) is 2.73. The van der Waals surface area contributed by atoms with Gasteiger partial charge in [0.25, 0.3) is 0 Å². The van der Waals surface area contributed by atoms with Gasteiger partial charge in [-0.2, -0.15) is 0 Å². The molecule has 2 aromatic rings. The summed E-state index contributed by atoms with van der Waals surface area (Å²) < 4.78 is 0. The van der Waals surface area contributed by atoms with Gasteiger partial charge in [0, 0.05) is 29.3 Å². The first-order chi connectivity index (χ1) is 13.2. The molecule has 3 rings (SSSR count). The molecule has 1 aliphatic rings. The second-order valence-corrected chi connectivity index (χ2v) is 10.1. The highest BCUT2D eigenvalue weighted by molar-refractivity contribution is 7.12. The number of carbonyl (C=O) groups is 1. The minimum absolute atomic E-state index is 0.116. The molecule has 1 amide bonds. The predicted octanol–water partition coefficient (Wildman–Crippen LogP) is 3.77. The normalized spacial score (nSPS) is 20.2. The van der Waals surface area contributed by atoms with Crippen LogP contribution in [0.3, 0.4) is 0 Å². The van der Waals surface area contributed by atoms with Crippen molar-refractivity contribution in [1.29, 1.82) is 0 Å². The molecule has 1 aromatic heterocycles. The van der Waals surface area contributed by atoms with E-state index in [-0.39, 0.29) is 23.4 Å². The summed E-state index contributed by atoms with van der Waals surface area (Å²) in [4.78, 5) is 14.5. The number of aliphatic hydroxyl groups excluding tert-OH is 1. The zero-order valence-corrected chi connectivity index (χ0v) is 18.1. The Kier molecular flexibility index (Phi) is 6.58. The molecule has 0 radical (unpaired) electrons. The first-order valence-electron chi connectivity index (χ1n) is 10.1. The Morgan fingerprint density at radius 2 is 2.04 bits per heavy atom. The van der Waals surface area contributed by atoms with Crippen LogP contribution in [0.4, 0.5) is 0 Å². The number of nitrogens with one attached hydrogen (secondary N) is 2. The van der Waals surface area contributed by atoms with Crippen molar-refractivity contribution in [2.45, 2.75) is 65.1 Å². The molecule has 1 aromatic carbocycles. The maximum atomic E-state index is 11.7. The molecule has 5 heteroatoms. The van der Waals surface area contributed by atoms with E-state index in [1.165, 1.54) is 22.2 Å². The lowest BCUT2D eigenvalue weighted by atomic mass is 9.75. The van der Waals surface area contributed by atoms with Crippen LogP contribution in [-0.4, -0.2) is 29.7 Å². The molecule has 3 atom stereocenters. The molecule has 0 saturated heterocycles. The van der Waals surface area contributed by atoms with Crippen molar-refractivity contribution in [3.63, 3.8) is 0 Å². The first kappa shape index (κ1) is 21.0. The van der Waals surface area contributed by atoms with Gasteiger partial charge in [-0.1, -0.05) is 44.2 Å². The second-order valence-electron chi connectivity index (χ2n) is 8.81. The summed E-state index contributed by atoms with van der Waals surface area (Å²) in [6.07, 6.45) is 2.12. The Hall–Kier alpha value is -1.69. The first-order valence-corrected chi connectivity index (χ1v) is 10.9. The van der Waals surface area contributed by atoms with Crippen LogP contribution in [0.2, 0.25) is 0 Å². The smallest absolute Gasteiger partial charge is 0.217 e. The maximum absolute atomic E-state index is 11.7. The summed E-state index contributed by atoms with van der Waals surface area (Å²) in [5, 5.41) is 17.4. The van der Waals surface area contributed by atoms with E-state index in [0.717, 1.165) is 18.4 Å². The molecule has 0 spiro atoms. The standard InChI is InChI=1S/C23H32N2O2S/c1-15-10-18-20(12-23(3,4)13-22(18)28-15)24-14-21(27)19(25-16(2)26)11-17-8-6-5-7-9-17/h5-10,19-21,24,27H,11-14H2,1-4H3,(H,25,26)/t19-,20-,21+/m0/s1. The Balaban J connectivity index is 1.68. The third-order valence-corrected chi connectivity index (χ3v) is 6.53. The van der Waals surface area contributed by atoms with Gasteiger partial charge < -0.3 is 15.7 Å². The van der Waals surface area contributed by atoms with Crippen LogP contribution >= 0.6 is 11.3 Å². The van der Waals surface area contributed by atoms with Crippen LogP contribution < -0.4 is 10.6 Å². The van der Waals surface area contributed by atoms with E-state index >= 15 is 0 Å². The molecule has 0 saturated carbocycles. The van der Waals surface area contributed by atoms with Crippen molar-refractivity contribution in [3.8, 4) is 0 Å². The molecule has 1 aliphatic carbocycles. The van der Waals surface area contributed by atoms with Gasteiger partial charge in [0.05, 0.1) is 12.1 Å². The molecule has 0 unspecified atom stereocenters. The fraction of sp³-hybridized carbons (Fsp3) is 0.522. The number of rotatable bonds is 7. The van der Waals surface area contributed by atoms with Gasteiger partial charge >= 0.3 is 0 Å². The number of amides is 1. The Morgan fingerprint density at radius 1 is 1.32 bits per heavy atom. The number of aliphatic hydroxyl groups is 1. The van der Waals surface area contributed by atoms with Gasteiger partial charge in [-0.05, 0) is 48.8 Å². The Bertz CT molecular complexity index is 800. The summed E-state index contributed by atoms with van der Waals surface area (Å²) >= 11 is 1.89. The number of thiophene rings is 1. The van der Waals surface area contributed by atoms with E-state index < -0.39 is 6.10 Å².